The first-order valence-corrected chi connectivity index (χ1v) is 26.5. The van der Waals surface area contributed by atoms with Gasteiger partial charge in [0.15, 0.2) is 11.5 Å². The number of aliphatic hydroxyl groups is 1. The summed E-state index contributed by atoms with van der Waals surface area (Å²) in [6.07, 6.45) is -5.38. The zero-order valence-corrected chi connectivity index (χ0v) is 43.7. The monoisotopic (exact) mass is 1110 g/mol. The third kappa shape index (κ3) is 15.8. The molecule has 9 amide bonds. The molecule has 30 heteroatoms. The third-order valence-electron chi connectivity index (χ3n) is 12.4. The van der Waals surface area contributed by atoms with Gasteiger partial charge in [0, 0.05) is 44.1 Å². The van der Waals surface area contributed by atoms with E-state index in [2.05, 4.69) is 52.2 Å². The first-order valence-electron chi connectivity index (χ1n) is 23.7. The Morgan fingerprint density at radius 3 is 2.08 bits per heavy atom. The minimum absolute atomic E-state index is 0.103. The number of piperidine rings is 1. The number of fused-ring (bicyclic) bond motifs is 10. The second-order valence-corrected chi connectivity index (χ2v) is 20.8. The van der Waals surface area contributed by atoms with Crippen LogP contribution in [0.25, 0.3) is 0 Å². The van der Waals surface area contributed by atoms with Gasteiger partial charge in [-0.3, -0.25) is 42.7 Å². The number of anilines is 1. The molecule has 0 unspecified atom stereocenters. The summed E-state index contributed by atoms with van der Waals surface area (Å²) in [5, 5.41) is 28.6. The van der Waals surface area contributed by atoms with E-state index in [4.69, 9.17) is 4.74 Å². The van der Waals surface area contributed by atoms with Crippen molar-refractivity contribution in [2.75, 3.05) is 18.9 Å². The number of carbonyl (C=O) groups is 9. The minimum Gasteiger partial charge on any atom is -0.458 e. The zero-order chi connectivity index (χ0) is 56.6. The maximum atomic E-state index is 15.3. The van der Waals surface area contributed by atoms with E-state index in [-0.39, 0.29) is 38.6 Å². The summed E-state index contributed by atoms with van der Waals surface area (Å²) >= 11 is 0. The van der Waals surface area contributed by atoms with Gasteiger partial charge >= 0.3 is 32.8 Å². The van der Waals surface area contributed by atoms with Gasteiger partial charge in [-0.2, -0.15) is 16.8 Å². The number of amides is 9. The van der Waals surface area contributed by atoms with Gasteiger partial charge < -0.3 is 65.2 Å². The molecule has 5 rings (SSSR count). The molecule has 2 aromatic carbocycles. The quantitative estimate of drug-likeness (QED) is 0.0794. The van der Waals surface area contributed by atoms with Crippen molar-refractivity contribution in [2.45, 2.75) is 122 Å². The molecule has 3 aliphatic rings. The van der Waals surface area contributed by atoms with E-state index in [1.807, 2.05) is 0 Å². The molecule has 0 radical (unpaired) electrons. The number of hydrogen-bond acceptors (Lipinski definition) is 17. The van der Waals surface area contributed by atoms with E-state index in [0.717, 1.165) is 16.8 Å². The maximum Gasteiger partial charge on any atom is 0.446 e. The highest BCUT2D eigenvalue weighted by atomic mass is 32.3. The van der Waals surface area contributed by atoms with E-state index in [1.165, 1.54) is 34.6 Å². The lowest BCUT2D eigenvalue weighted by atomic mass is 9.95. The molecule has 10 N–H and O–H groups in total. The van der Waals surface area contributed by atoms with Crippen molar-refractivity contribution in [3.8, 4) is 11.5 Å². The predicted octanol–water partition coefficient (Wildman–Crippen LogP) is -1.29. The van der Waals surface area contributed by atoms with Crippen LogP contribution >= 0.6 is 0 Å². The van der Waals surface area contributed by atoms with Gasteiger partial charge in [-0.05, 0) is 55.7 Å². The van der Waals surface area contributed by atoms with Crippen molar-refractivity contribution in [2.24, 2.45) is 11.8 Å². The van der Waals surface area contributed by atoms with E-state index < -0.39 is 169 Å². The summed E-state index contributed by atoms with van der Waals surface area (Å²) in [4.78, 5) is 130. The first kappa shape index (κ1) is 59.5. The molecule has 2 fully saturated rings. The van der Waals surface area contributed by atoms with Crippen LogP contribution in [0, 0.1) is 11.8 Å². The van der Waals surface area contributed by atoms with Gasteiger partial charge in [0.05, 0.1) is 5.70 Å². The molecule has 76 heavy (non-hydrogen) atoms. The van der Waals surface area contributed by atoms with Crippen molar-refractivity contribution in [3.05, 3.63) is 65.9 Å². The predicted molar refractivity (Wildman–Crippen MR) is 264 cm³/mol. The Labute approximate surface area is 437 Å². The van der Waals surface area contributed by atoms with E-state index in [0.29, 0.717) is 17.7 Å². The largest absolute Gasteiger partial charge is 0.458 e. The van der Waals surface area contributed by atoms with Crippen molar-refractivity contribution >= 4 is 79.8 Å². The fourth-order valence-corrected chi connectivity index (χ4v) is 9.04. The van der Waals surface area contributed by atoms with Crippen LogP contribution in [0.5, 0.6) is 11.5 Å². The van der Waals surface area contributed by atoms with Gasteiger partial charge in [-0.15, -0.1) is 0 Å². The number of carbonyl (C=O) groups excluding carboxylic acids is 9. The fraction of sp³-hybridized carbons (Fsp3) is 0.500. The number of nitrogens with one attached hydrogen (secondary N) is 7. The number of ether oxygens (including phenoxy) is 1. The summed E-state index contributed by atoms with van der Waals surface area (Å²) in [6, 6.07) is -1.95. The Morgan fingerprint density at radius 1 is 0.842 bits per heavy atom. The third-order valence-corrected chi connectivity index (χ3v) is 13.1. The molecule has 0 aliphatic carbocycles. The van der Waals surface area contributed by atoms with Gasteiger partial charge in [0.25, 0.3) is 11.8 Å². The van der Waals surface area contributed by atoms with Crippen LogP contribution in [0.4, 0.5) is 10.5 Å². The highest BCUT2D eigenvalue weighted by Gasteiger charge is 2.46. The lowest BCUT2D eigenvalue weighted by Gasteiger charge is -2.43. The Balaban J connectivity index is 1.82. The maximum absolute atomic E-state index is 15.3. The summed E-state index contributed by atoms with van der Waals surface area (Å²) in [6.45, 7) is 10.5. The zero-order valence-electron chi connectivity index (χ0n) is 42.1. The van der Waals surface area contributed by atoms with Crippen LogP contribution in [-0.4, -0.2) is 156 Å². The van der Waals surface area contributed by atoms with Crippen molar-refractivity contribution < 1.29 is 87.3 Å². The minimum atomic E-state index is -5.57. The van der Waals surface area contributed by atoms with E-state index in [9.17, 15) is 64.6 Å². The Bertz CT molecular complexity index is 2830. The fourth-order valence-electron chi connectivity index (χ4n) is 8.32. The highest BCUT2D eigenvalue weighted by Crippen LogP contribution is 2.37. The molecule has 28 nitrogen and oxygen atoms in total. The number of hydrogen-bond donors (Lipinski definition) is 10. The molecule has 416 valence electrons. The summed E-state index contributed by atoms with van der Waals surface area (Å²) in [7, 11) is -10.0. The SMILES string of the molecule is C=C1NC(=O)[C@H]2NC(=O)[C@@H](NC(=O)C(C)C)CCCNC(=O)Nc3cc(OS(=O)(=O)O)c(OS(=O)(=O)O)cc3C[C@@H](C(=O)N[C@@H](C(C)C)C(=O)O[C@H]2C)N(C)C(=O)[C@H](Cc2ccccc2)N2C(=O)[C@H](CC[C@H]2O)NC1=O. The van der Waals surface area contributed by atoms with Crippen molar-refractivity contribution in [3.63, 3.8) is 0 Å². The van der Waals surface area contributed by atoms with Crippen LogP contribution in [0.1, 0.15) is 71.4 Å². The van der Waals surface area contributed by atoms with Crippen LogP contribution in [0.2, 0.25) is 0 Å². The molecule has 0 aromatic heterocycles. The van der Waals surface area contributed by atoms with Crippen LogP contribution in [-0.2, 0) is 76.7 Å². The van der Waals surface area contributed by atoms with Crippen LogP contribution in [0.15, 0.2) is 54.7 Å². The van der Waals surface area contributed by atoms with E-state index >= 15 is 9.59 Å². The van der Waals surface area contributed by atoms with Crippen molar-refractivity contribution in [1.82, 2.24) is 41.7 Å². The Morgan fingerprint density at radius 2 is 1.47 bits per heavy atom. The summed E-state index contributed by atoms with van der Waals surface area (Å²) in [5.41, 5.74) is -1.18. The Hall–Kier alpha value is -7.41. The molecule has 3 aliphatic heterocycles. The second-order valence-electron chi connectivity index (χ2n) is 18.7. The summed E-state index contributed by atoms with van der Waals surface area (Å²) < 4.78 is 82.6. The van der Waals surface area contributed by atoms with Gasteiger partial charge in [0.1, 0.15) is 48.6 Å². The van der Waals surface area contributed by atoms with Crippen molar-refractivity contribution in [1.29, 1.82) is 0 Å². The highest BCUT2D eigenvalue weighted by molar-refractivity contribution is 7.81. The lowest BCUT2D eigenvalue weighted by Crippen LogP contribution is -2.64. The number of nitrogens with zero attached hydrogens (tertiary/aromatic N) is 2. The normalized spacial score (nSPS) is 25.3. The molecular weight excluding hydrogens is 1050 g/mol. The second kappa shape index (κ2) is 25.0. The molecule has 0 spiro atoms. The van der Waals surface area contributed by atoms with Gasteiger partial charge in [-0.1, -0.05) is 64.6 Å². The molecular formula is C46H61N9O19S2. The number of esters is 1. The van der Waals surface area contributed by atoms with Crippen LogP contribution < -0.4 is 45.6 Å². The van der Waals surface area contributed by atoms with E-state index in [1.54, 1.807) is 30.3 Å². The Kier molecular flexibility index (Phi) is 19.5. The molecule has 4 bridgehead atoms. The smallest absolute Gasteiger partial charge is 0.446 e. The summed E-state index contributed by atoms with van der Waals surface area (Å²) in [5.74, 6) is -12.4. The average molecular weight is 1110 g/mol. The van der Waals surface area contributed by atoms with Crippen LogP contribution in [0.3, 0.4) is 0 Å². The van der Waals surface area contributed by atoms with Gasteiger partial charge in [0.2, 0.25) is 29.5 Å². The molecule has 0 saturated carbocycles. The number of rotatable bonds is 9. The number of aliphatic hydroxyl groups excluding tert-OH is 1. The number of likely N-dealkylation sites (N-methyl/N-ethyl adjacent to an activating group) is 1. The number of benzene rings is 2. The standard InChI is InChI=1S/C46H61N9O19S2/c1-22(2)36-45(64)72-25(6)37-42(61)48-24(5)39(58)50-29-15-16-35(56)55(43(29)62)32(18-26-12-9-8-10-13-26)44(63)54(7)31(41(60)52-36)19-27-20-33(73-75(66,67)68)34(74-76(69,70)71)21-30(27)51-46(65)47-17-11-14-28(40(59)53-37)49-38(57)23(3)4/h8-10,12-13,20-23,25,28-29,31-32,35-37,56H,5,11,14-19H2,1-4,6-7H3,(H,48,61)(H,49,57)(H,50,58)(H,52,60)(H,53,59)(H2,47,51,65)(H,66,67,68)(H,69,70,71)/t25-,28-,29-,31-,32-,35+,36-,37-/m0/s1. The molecule has 2 aromatic rings. The molecule has 3 heterocycles. The average Bonchev–Trinajstić information content (AvgIpc) is 3.32. The number of urea groups is 1. The lowest BCUT2D eigenvalue weighted by molar-refractivity contribution is -0.165. The first-order chi connectivity index (χ1) is 35.4. The van der Waals surface area contributed by atoms with Gasteiger partial charge in [-0.25, -0.2) is 9.59 Å². The molecule has 2 saturated heterocycles. The molecule has 8 atom stereocenters. The topological polar surface area (TPSA) is 401 Å².